The molecule has 0 atom stereocenters. The predicted octanol–water partition coefficient (Wildman–Crippen LogP) is 4.39. The molecular formula is C22H22BrN3O3. The van der Waals surface area contributed by atoms with Crippen LogP contribution >= 0.6 is 15.9 Å². The lowest BCUT2D eigenvalue weighted by Gasteiger charge is -2.11. The van der Waals surface area contributed by atoms with Crippen molar-refractivity contribution in [1.29, 1.82) is 0 Å². The molecule has 2 aromatic carbocycles. The Balaban J connectivity index is 1.64. The van der Waals surface area contributed by atoms with E-state index in [1.165, 1.54) is 0 Å². The number of ether oxygens (including phenoxy) is 2. The van der Waals surface area contributed by atoms with Crippen molar-refractivity contribution in [3.63, 3.8) is 0 Å². The monoisotopic (exact) mass is 455 g/mol. The number of nitrogens with zero attached hydrogens (tertiary/aromatic N) is 2. The Bertz CT molecular complexity index is 1040. The third kappa shape index (κ3) is 4.86. The Morgan fingerprint density at radius 1 is 1.14 bits per heavy atom. The van der Waals surface area contributed by atoms with E-state index in [9.17, 15) is 4.79 Å². The third-order valence-electron chi connectivity index (χ3n) is 4.38. The summed E-state index contributed by atoms with van der Waals surface area (Å²) < 4.78 is 13.8. The minimum absolute atomic E-state index is 0.159. The van der Waals surface area contributed by atoms with Crippen molar-refractivity contribution in [2.75, 3.05) is 13.7 Å². The van der Waals surface area contributed by atoms with E-state index in [0.717, 1.165) is 27.1 Å². The summed E-state index contributed by atoms with van der Waals surface area (Å²) >= 11 is 3.59. The van der Waals surface area contributed by atoms with Gasteiger partial charge in [0.25, 0.3) is 5.91 Å². The molecule has 3 aromatic rings. The number of carbonyl (C=O) groups is 1. The van der Waals surface area contributed by atoms with Gasteiger partial charge in [-0.2, -0.15) is 5.10 Å². The van der Waals surface area contributed by atoms with E-state index in [4.69, 9.17) is 9.47 Å². The van der Waals surface area contributed by atoms with Crippen LogP contribution in [0.1, 0.15) is 17.0 Å². The molecule has 0 aliphatic heterocycles. The summed E-state index contributed by atoms with van der Waals surface area (Å²) in [7, 11) is 1.55. The molecule has 0 aliphatic rings. The van der Waals surface area contributed by atoms with Gasteiger partial charge in [-0.15, -0.1) is 0 Å². The maximum absolute atomic E-state index is 12.0. The number of aryl methyl sites for hydroxylation is 1. The summed E-state index contributed by atoms with van der Waals surface area (Å²) in [6.45, 7) is 3.89. The molecule has 150 valence electrons. The van der Waals surface area contributed by atoms with Crippen molar-refractivity contribution in [3.8, 4) is 17.2 Å². The van der Waals surface area contributed by atoms with Crippen LogP contribution < -0.4 is 14.9 Å². The molecule has 0 radical (unpaired) electrons. The van der Waals surface area contributed by atoms with Gasteiger partial charge in [-0.3, -0.25) is 4.79 Å². The van der Waals surface area contributed by atoms with E-state index in [1.54, 1.807) is 25.5 Å². The first-order chi connectivity index (χ1) is 14.0. The van der Waals surface area contributed by atoms with Crippen molar-refractivity contribution >= 4 is 28.1 Å². The SMILES string of the molecule is COc1ccccc1OCC(=O)NN=Cc1cc(C)n(-c2ccccc2Br)c1C. The molecule has 1 N–H and O–H groups in total. The second kappa shape index (κ2) is 9.43. The molecule has 1 heterocycles. The molecule has 0 unspecified atom stereocenters. The van der Waals surface area contributed by atoms with Gasteiger partial charge in [0.15, 0.2) is 18.1 Å². The average molecular weight is 456 g/mol. The fraction of sp³-hybridized carbons (Fsp3) is 0.182. The van der Waals surface area contributed by atoms with E-state index >= 15 is 0 Å². The van der Waals surface area contributed by atoms with Gasteiger partial charge in [-0.25, -0.2) is 5.43 Å². The number of hydrazone groups is 1. The fourth-order valence-corrected chi connectivity index (χ4v) is 3.47. The van der Waals surface area contributed by atoms with Crippen LogP contribution in [-0.4, -0.2) is 30.4 Å². The summed E-state index contributed by atoms with van der Waals surface area (Å²) in [5.74, 6) is 0.723. The minimum atomic E-state index is -0.355. The van der Waals surface area contributed by atoms with Crippen molar-refractivity contribution < 1.29 is 14.3 Å². The zero-order valence-corrected chi connectivity index (χ0v) is 18.1. The van der Waals surface area contributed by atoms with E-state index in [0.29, 0.717) is 11.5 Å². The Hall–Kier alpha value is -3.06. The topological polar surface area (TPSA) is 64.8 Å². The summed E-state index contributed by atoms with van der Waals surface area (Å²) in [4.78, 5) is 12.0. The fourth-order valence-electron chi connectivity index (χ4n) is 3.01. The number of hydrogen-bond acceptors (Lipinski definition) is 4. The largest absolute Gasteiger partial charge is 0.493 e. The summed E-state index contributed by atoms with van der Waals surface area (Å²) in [5, 5.41) is 4.07. The molecule has 29 heavy (non-hydrogen) atoms. The lowest BCUT2D eigenvalue weighted by atomic mass is 10.2. The Morgan fingerprint density at radius 2 is 1.83 bits per heavy atom. The van der Waals surface area contributed by atoms with Crippen molar-refractivity contribution in [2.24, 2.45) is 5.10 Å². The summed E-state index contributed by atoms with van der Waals surface area (Å²) in [6, 6.07) is 17.2. The molecule has 0 spiro atoms. The molecule has 1 amide bonds. The second-order valence-electron chi connectivity index (χ2n) is 6.35. The number of amides is 1. The van der Waals surface area contributed by atoms with Crippen LogP contribution in [0.15, 0.2) is 64.2 Å². The highest BCUT2D eigenvalue weighted by molar-refractivity contribution is 9.10. The predicted molar refractivity (Wildman–Crippen MR) is 117 cm³/mol. The number of halogens is 1. The number of benzene rings is 2. The Morgan fingerprint density at radius 3 is 2.55 bits per heavy atom. The number of aromatic nitrogens is 1. The zero-order chi connectivity index (χ0) is 20.8. The Labute approximate surface area is 178 Å². The van der Waals surface area contributed by atoms with E-state index in [-0.39, 0.29) is 12.5 Å². The quantitative estimate of drug-likeness (QED) is 0.424. The molecule has 7 heteroatoms. The number of methoxy groups -OCH3 is 1. The molecular weight excluding hydrogens is 434 g/mol. The van der Waals surface area contributed by atoms with Gasteiger partial charge >= 0.3 is 0 Å². The van der Waals surface area contributed by atoms with Gasteiger partial charge in [0, 0.05) is 21.4 Å². The van der Waals surface area contributed by atoms with Gasteiger partial charge in [0.2, 0.25) is 0 Å². The lowest BCUT2D eigenvalue weighted by molar-refractivity contribution is -0.123. The normalized spacial score (nSPS) is 10.9. The van der Waals surface area contributed by atoms with Gasteiger partial charge in [0.05, 0.1) is 19.0 Å². The van der Waals surface area contributed by atoms with Gasteiger partial charge < -0.3 is 14.0 Å². The van der Waals surface area contributed by atoms with E-state index in [1.807, 2.05) is 56.3 Å². The molecule has 0 bridgehead atoms. The highest BCUT2D eigenvalue weighted by Crippen LogP contribution is 2.26. The van der Waals surface area contributed by atoms with Gasteiger partial charge in [-0.05, 0) is 60.1 Å². The van der Waals surface area contributed by atoms with E-state index in [2.05, 4.69) is 31.0 Å². The number of para-hydroxylation sites is 3. The van der Waals surface area contributed by atoms with Crippen LogP contribution in [0.2, 0.25) is 0 Å². The van der Waals surface area contributed by atoms with E-state index < -0.39 is 0 Å². The maximum Gasteiger partial charge on any atom is 0.277 e. The third-order valence-corrected chi connectivity index (χ3v) is 5.05. The summed E-state index contributed by atoms with van der Waals surface area (Å²) in [6.07, 6.45) is 1.64. The Kier molecular flexibility index (Phi) is 6.72. The summed E-state index contributed by atoms with van der Waals surface area (Å²) in [5.41, 5.74) is 6.56. The van der Waals surface area contributed by atoms with Crippen LogP contribution in [0, 0.1) is 13.8 Å². The van der Waals surface area contributed by atoms with Crippen molar-refractivity contribution in [2.45, 2.75) is 13.8 Å². The number of carbonyl (C=O) groups excluding carboxylic acids is 1. The number of rotatable bonds is 7. The molecule has 0 saturated heterocycles. The van der Waals surface area contributed by atoms with Crippen molar-refractivity contribution in [1.82, 2.24) is 9.99 Å². The molecule has 1 aromatic heterocycles. The molecule has 0 saturated carbocycles. The smallest absolute Gasteiger partial charge is 0.277 e. The van der Waals surface area contributed by atoms with Crippen LogP contribution in [0.5, 0.6) is 11.5 Å². The standard InChI is InChI=1S/C22H22BrN3O3/c1-15-12-17(16(2)26(15)19-9-5-4-8-18(19)23)13-24-25-22(27)14-29-21-11-7-6-10-20(21)28-3/h4-13H,14H2,1-3H3,(H,25,27). The highest BCUT2D eigenvalue weighted by Gasteiger charge is 2.11. The molecule has 6 nitrogen and oxygen atoms in total. The zero-order valence-electron chi connectivity index (χ0n) is 16.5. The average Bonchev–Trinajstić information content (AvgIpc) is 3.00. The van der Waals surface area contributed by atoms with Crippen LogP contribution in [-0.2, 0) is 4.79 Å². The maximum atomic E-state index is 12.0. The number of nitrogens with one attached hydrogen (secondary N) is 1. The highest BCUT2D eigenvalue weighted by atomic mass is 79.9. The van der Waals surface area contributed by atoms with Crippen LogP contribution in [0.3, 0.4) is 0 Å². The minimum Gasteiger partial charge on any atom is -0.493 e. The first kappa shape index (κ1) is 20.7. The first-order valence-corrected chi connectivity index (χ1v) is 9.82. The second-order valence-corrected chi connectivity index (χ2v) is 7.20. The molecule has 3 rings (SSSR count). The lowest BCUT2D eigenvalue weighted by Crippen LogP contribution is -2.24. The van der Waals surface area contributed by atoms with Gasteiger partial charge in [-0.1, -0.05) is 24.3 Å². The molecule has 0 fully saturated rings. The van der Waals surface area contributed by atoms with Crippen LogP contribution in [0.25, 0.3) is 5.69 Å². The molecule has 0 aliphatic carbocycles. The van der Waals surface area contributed by atoms with Crippen molar-refractivity contribution in [3.05, 3.63) is 76.0 Å². The van der Waals surface area contributed by atoms with Gasteiger partial charge in [0.1, 0.15) is 0 Å². The van der Waals surface area contributed by atoms with Crippen LogP contribution in [0.4, 0.5) is 0 Å². The first-order valence-electron chi connectivity index (χ1n) is 9.03. The number of hydrogen-bond donors (Lipinski definition) is 1.